The first kappa shape index (κ1) is 16.4. The van der Waals surface area contributed by atoms with Crippen molar-refractivity contribution in [2.75, 3.05) is 13.2 Å². The summed E-state index contributed by atoms with van der Waals surface area (Å²) in [4.78, 5) is 0.188. The molecule has 1 aromatic rings. The van der Waals surface area contributed by atoms with Gasteiger partial charge in [0.05, 0.1) is 11.0 Å². The third-order valence-corrected chi connectivity index (χ3v) is 4.38. The number of halogens is 1. The summed E-state index contributed by atoms with van der Waals surface area (Å²) in [5, 5.41) is 0.450. The van der Waals surface area contributed by atoms with E-state index in [1.165, 1.54) is 6.07 Å². The normalized spacial score (nSPS) is 12.1. The SMILES string of the molecule is Cc1ccc(S(=O)(=O)NCCCOC(C)C)cc1Cl. The standard InChI is InChI=1S/C13H20ClNO3S/c1-10(2)18-8-4-7-15-19(16,17)12-6-5-11(3)13(14)9-12/h5-6,9-10,15H,4,7-8H2,1-3H3. The van der Waals surface area contributed by atoms with Gasteiger partial charge in [-0.25, -0.2) is 13.1 Å². The molecule has 0 fully saturated rings. The maximum atomic E-state index is 12.0. The molecule has 0 saturated carbocycles. The van der Waals surface area contributed by atoms with Crippen molar-refractivity contribution >= 4 is 21.6 Å². The molecule has 0 atom stereocenters. The molecule has 0 aliphatic rings. The summed E-state index contributed by atoms with van der Waals surface area (Å²) >= 11 is 5.93. The number of benzene rings is 1. The number of hydrogen-bond donors (Lipinski definition) is 1. The molecule has 4 nitrogen and oxygen atoms in total. The molecule has 0 saturated heterocycles. The van der Waals surface area contributed by atoms with Gasteiger partial charge < -0.3 is 4.74 Å². The number of aryl methyl sites for hydroxylation is 1. The Morgan fingerprint density at radius 3 is 2.63 bits per heavy atom. The molecule has 0 bridgehead atoms. The number of hydrogen-bond acceptors (Lipinski definition) is 3. The molecular formula is C13H20ClNO3S. The minimum absolute atomic E-state index is 0.160. The molecule has 0 aliphatic heterocycles. The largest absolute Gasteiger partial charge is 0.379 e. The van der Waals surface area contributed by atoms with Gasteiger partial charge in [0.1, 0.15) is 0 Å². The fourth-order valence-electron chi connectivity index (χ4n) is 1.42. The van der Waals surface area contributed by atoms with E-state index in [0.29, 0.717) is 24.6 Å². The third-order valence-electron chi connectivity index (χ3n) is 2.52. The van der Waals surface area contributed by atoms with Crippen LogP contribution in [-0.2, 0) is 14.8 Å². The van der Waals surface area contributed by atoms with Crippen molar-refractivity contribution in [1.29, 1.82) is 0 Å². The summed E-state index contributed by atoms with van der Waals surface area (Å²) in [5.41, 5.74) is 0.853. The van der Waals surface area contributed by atoms with Crippen LogP contribution in [0.3, 0.4) is 0 Å². The Balaban J connectivity index is 2.54. The minimum atomic E-state index is -3.49. The van der Waals surface area contributed by atoms with E-state index in [0.717, 1.165) is 5.56 Å². The van der Waals surface area contributed by atoms with E-state index in [-0.39, 0.29) is 11.0 Å². The second-order valence-electron chi connectivity index (χ2n) is 4.58. The molecule has 1 aromatic carbocycles. The first-order valence-electron chi connectivity index (χ1n) is 6.20. The monoisotopic (exact) mass is 305 g/mol. The van der Waals surface area contributed by atoms with Crippen molar-refractivity contribution in [3.05, 3.63) is 28.8 Å². The van der Waals surface area contributed by atoms with Crippen LogP contribution in [0.5, 0.6) is 0 Å². The summed E-state index contributed by atoms with van der Waals surface area (Å²) in [6, 6.07) is 4.71. The summed E-state index contributed by atoms with van der Waals surface area (Å²) < 4.78 is 31.8. The van der Waals surface area contributed by atoms with Gasteiger partial charge in [0, 0.05) is 18.2 Å². The lowest BCUT2D eigenvalue weighted by Crippen LogP contribution is -2.25. The van der Waals surface area contributed by atoms with Crippen molar-refractivity contribution in [2.24, 2.45) is 0 Å². The van der Waals surface area contributed by atoms with E-state index in [9.17, 15) is 8.42 Å². The van der Waals surface area contributed by atoms with Gasteiger partial charge >= 0.3 is 0 Å². The highest BCUT2D eigenvalue weighted by atomic mass is 35.5. The van der Waals surface area contributed by atoms with E-state index in [2.05, 4.69) is 4.72 Å². The topological polar surface area (TPSA) is 55.4 Å². The van der Waals surface area contributed by atoms with Crippen molar-refractivity contribution < 1.29 is 13.2 Å². The molecule has 0 aromatic heterocycles. The van der Waals surface area contributed by atoms with Crippen molar-refractivity contribution in [1.82, 2.24) is 4.72 Å². The average Bonchev–Trinajstić information content (AvgIpc) is 2.31. The van der Waals surface area contributed by atoms with Gasteiger partial charge in [0.2, 0.25) is 10.0 Å². The zero-order valence-electron chi connectivity index (χ0n) is 11.4. The summed E-state index contributed by atoms with van der Waals surface area (Å²) in [6.07, 6.45) is 0.796. The maximum Gasteiger partial charge on any atom is 0.240 e. The Hall–Kier alpha value is -0.620. The molecule has 0 spiro atoms. The number of nitrogens with one attached hydrogen (secondary N) is 1. The lowest BCUT2D eigenvalue weighted by atomic mass is 10.2. The summed E-state index contributed by atoms with van der Waals surface area (Å²) in [7, 11) is -3.49. The van der Waals surface area contributed by atoms with E-state index in [1.54, 1.807) is 12.1 Å². The van der Waals surface area contributed by atoms with Gasteiger partial charge in [-0.3, -0.25) is 0 Å². The first-order valence-corrected chi connectivity index (χ1v) is 8.06. The fraction of sp³-hybridized carbons (Fsp3) is 0.538. The molecule has 1 N–H and O–H groups in total. The predicted molar refractivity (Wildman–Crippen MR) is 77.1 cm³/mol. The van der Waals surface area contributed by atoms with Gasteiger partial charge in [0.25, 0.3) is 0 Å². The Labute approximate surface area is 120 Å². The Kier molecular flexibility index (Phi) is 6.26. The van der Waals surface area contributed by atoms with E-state index >= 15 is 0 Å². The van der Waals surface area contributed by atoms with E-state index in [1.807, 2.05) is 20.8 Å². The molecular weight excluding hydrogens is 286 g/mol. The molecule has 0 amide bonds. The molecule has 0 radical (unpaired) electrons. The van der Waals surface area contributed by atoms with Gasteiger partial charge in [-0.1, -0.05) is 17.7 Å². The second kappa shape index (κ2) is 7.24. The zero-order valence-corrected chi connectivity index (χ0v) is 13.0. The van der Waals surface area contributed by atoms with Gasteiger partial charge in [-0.05, 0) is 44.9 Å². The molecule has 108 valence electrons. The highest BCUT2D eigenvalue weighted by molar-refractivity contribution is 7.89. The Morgan fingerprint density at radius 1 is 1.37 bits per heavy atom. The molecule has 6 heteroatoms. The predicted octanol–water partition coefficient (Wildman–Crippen LogP) is 2.74. The van der Waals surface area contributed by atoms with Crippen LogP contribution >= 0.6 is 11.6 Å². The number of ether oxygens (including phenoxy) is 1. The maximum absolute atomic E-state index is 12.0. The van der Waals surface area contributed by atoms with Crippen molar-refractivity contribution in [3.63, 3.8) is 0 Å². The smallest absolute Gasteiger partial charge is 0.240 e. The highest BCUT2D eigenvalue weighted by Crippen LogP contribution is 2.19. The zero-order chi connectivity index (χ0) is 14.5. The molecule has 0 heterocycles. The Bertz CT molecular complexity index is 515. The van der Waals surface area contributed by atoms with Crippen LogP contribution < -0.4 is 4.72 Å². The molecule has 1 rings (SSSR count). The van der Waals surface area contributed by atoms with Gasteiger partial charge in [0.15, 0.2) is 0 Å². The van der Waals surface area contributed by atoms with Crippen LogP contribution in [0.15, 0.2) is 23.1 Å². The first-order chi connectivity index (χ1) is 8.83. The second-order valence-corrected chi connectivity index (χ2v) is 6.76. The van der Waals surface area contributed by atoms with E-state index in [4.69, 9.17) is 16.3 Å². The lowest BCUT2D eigenvalue weighted by molar-refractivity contribution is 0.0778. The van der Waals surface area contributed by atoms with Crippen LogP contribution in [0.2, 0.25) is 5.02 Å². The average molecular weight is 306 g/mol. The van der Waals surface area contributed by atoms with Crippen LogP contribution in [0.1, 0.15) is 25.8 Å². The van der Waals surface area contributed by atoms with Crippen LogP contribution in [0.4, 0.5) is 0 Å². The Morgan fingerprint density at radius 2 is 2.05 bits per heavy atom. The van der Waals surface area contributed by atoms with Crippen LogP contribution in [0, 0.1) is 6.92 Å². The minimum Gasteiger partial charge on any atom is -0.379 e. The highest BCUT2D eigenvalue weighted by Gasteiger charge is 2.14. The molecule has 19 heavy (non-hydrogen) atoms. The quantitative estimate of drug-likeness (QED) is 0.788. The van der Waals surface area contributed by atoms with Crippen molar-refractivity contribution in [3.8, 4) is 0 Å². The van der Waals surface area contributed by atoms with Gasteiger partial charge in [-0.15, -0.1) is 0 Å². The number of sulfonamides is 1. The summed E-state index contributed by atoms with van der Waals surface area (Å²) in [6.45, 7) is 6.60. The molecule has 0 aliphatic carbocycles. The molecule has 0 unspecified atom stereocenters. The third kappa shape index (κ3) is 5.48. The lowest BCUT2D eigenvalue weighted by Gasteiger charge is -2.09. The van der Waals surface area contributed by atoms with Gasteiger partial charge in [-0.2, -0.15) is 0 Å². The van der Waals surface area contributed by atoms with Crippen molar-refractivity contribution in [2.45, 2.75) is 38.2 Å². The number of rotatable bonds is 7. The fourth-order valence-corrected chi connectivity index (χ4v) is 2.77. The van der Waals surface area contributed by atoms with E-state index < -0.39 is 10.0 Å². The summed E-state index contributed by atoms with van der Waals surface area (Å²) in [5.74, 6) is 0. The van der Waals surface area contributed by atoms with Crippen LogP contribution in [-0.4, -0.2) is 27.7 Å². The van der Waals surface area contributed by atoms with Crippen LogP contribution in [0.25, 0.3) is 0 Å².